The lowest BCUT2D eigenvalue weighted by molar-refractivity contribution is -0.123. The molecule has 218 valence electrons. The zero-order valence-corrected chi connectivity index (χ0v) is 24.2. The van der Waals surface area contributed by atoms with Crippen molar-refractivity contribution in [2.75, 3.05) is 18.5 Å². The molecule has 0 unspecified atom stereocenters. The van der Waals surface area contributed by atoms with E-state index < -0.39 is 0 Å². The minimum absolute atomic E-state index is 0.0309. The summed E-state index contributed by atoms with van der Waals surface area (Å²) < 4.78 is 13.4. The molecule has 1 aliphatic carbocycles. The van der Waals surface area contributed by atoms with E-state index in [1.54, 1.807) is 4.52 Å². The molecule has 2 aromatic heterocycles. The van der Waals surface area contributed by atoms with Crippen LogP contribution in [0.1, 0.15) is 81.4 Å². The van der Waals surface area contributed by atoms with Gasteiger partial charge in [-0.2, -0.15) is 19.6 Å². The van der Waals surface area contributed by atoms with Crippen molar-refractivity contribution in [2.45, 2.75) is 83.8 Å². The lowest BCUT2D eigenvalue weighted by Crippen LogP contribution is -2.27. The summed E-state index contributed by atoms with van der Waals surface area (Å²) in [5.41, 5.74) is 3.84. The van der Waals surface area contributed by atoms with Crippen LogP contribution in [0, 0.1) is 11.8 Å². The SMILES string of the molecule is C=CC(=O)CC1CCC(C(=O)Cc2cccc(CNc3nc(OC4CCOCC4)nc4c(C(C)C)cnn34)c2)CC1. The molecule has 1 aliphatic heterocycles. The molecule has 1 N–H and O–H groups in total. The number of fused-ring (bicyclic) bond motifs is 1. The van der Waals surface area contributed by atoms with E-state index in [1.807, 2.05) is 24.4 Å². The molecule has 9 heteroatoms. The Bertz CT molecular complexity index is 1370. The molecular formula is C32H41N5O4. The van der Waals surface area contributed by atoms with Gasteiger partial charge in [0.2, 0.25) is 5.95 Å². The first kappa shape index (κ1) is 28.9. The van der Waals surface area contributed by atoms with Crippen molar-refractivity contribution in [3.05, 3.63) is 59.8 Å². The Morgan fingerprint density at radius 1 is 1.12 bits per heavy atom. The van der Waals surface area contributed by atoms with Crippen molar-refractivity contribution in [1.29, 1.82) is 0 Å². The standard InChI is InChI=1S/C32H41N5O4/c1-4-26(38)17-22-8-10-25(11-9-22)29(39)18-23-6-5-7-24(16-23)19-33-31-36-32(41-27-12-14-40-15-13-27)35-30-28(21(2)3)20-34-37(30)31/h4-7,16,20-22,25,27H,1,8-15,17-19H2,2-3H3,(H,33,35,36). The molecule has 3 heterocycles. The van der Waals surface area contributed by atoms with Crippen molar-refractivity contribution in [2.24, 2.45) is 11.8 Å². The second-order valence-electron chi connectivity index (χ2n) is 11.7. The summed E-state index contributed by atoms with van der Waals surface area (Å²) in [7, 11) is 0. The molecule has 1 aromatic carbocycles. The molecule has 0 spiro atoms. The molecule has 3 aromatic rings. The number of allylic oxidation sites excluding steroid dienone is 1. The van der Waals surface area contributed by atoms with Gasteiger partial charge in [-0.25, -0.2) is 0 Å². The normalized spacial score (nSPS) is 19.8. The number of Topliss-reactive ketones (excluding diaryl/α,β-unsaturated/α-hetero) is 1. The van der Waals surface area contributed by atoms with Gasteiger partial charge in [-0.3, -0.25) is 9.59 Å². The number of aromatic nitrogens is 4. The fourth-order valence-electron chi connectivity index (χ4n) is 5.82. The predicted octanol–water partition coefficient (Wildman–Crippen LogP) is 5.48. The predicted molar refractivity (Wildman–Crippen MR) is 157 cm³/mol. The van der Waals surface area contributed by atoms with E-state index in [9.17, 15) is 9.59 Å². The maximum atomic E-state index is 13.1. The lowest BCUT2D eigenvalue weighted by Gasteiger charge is -2.27. The molecule has 0 amide bonds. The summed E-state index contributed by atoms with van der Waals surface area (Å²) in [5, 5.41) is 7.99. The lowest BCUT2D eigenvalue weighted by atomic mass is 9.77. The third-order valence-corrected chi connectivity index (χ3v) is 8.28. The van der Waals surface area contributed by atoms with Crippen LogP contribution >= 0.6 is 0 Å². The summed E-state index contributed by atoms with van der Waals surface area (Å²) in [6.45, 7) is 9.69. The van der Waals surface area contributed by atoms with Crippen LogP contribution in [0.3, 0.4) is 0 Å². The fourth-order valence-corrected chi connectivity index (χ4v) is 5.82. The van der Waals surface area contributed by atoms with Crippen molar-refractivity contribution in [1.82, 2.24) is 19.6 Å². The highest BCUT2D eigenvalue weighted by molar-refractivity contribution is 5.89. The topological polar surface area (TPSA) is 108 Å². The molecule has 9 nitrogen and oxygen atoms in total. The van der Waals surface area contributed by atoms with Gasteiger partial charge in [-0.05, 0) is 54.7 Å². The Kier molecular flexibility index (Phi) is 9.44. The van der Waals surface area contributed by atoms with Crippen LogP contribution < -0.4 is 10.1 Å². The fraction of sp³-hybridized carbons (Fsp3) is 0.531. The quantitative estimate of drug-likeness (QED) is 0.291. The molecule has 0 atom stereocenters. The number of nitrogens with one attached hydrogen (secondary N) is 1. The van der Waals surface area contributed by atoms with E-state index in [0.717, 1.165) is 60.9 Å². The zero-order valence-electron chi connectivity index (χ0n) is 24.2. The van der Waals surface area contributed by atoms with Gasteiger partial charge in [0.15, 0.2) is 11.4 Å². The number of rotatable bonds is 12. The first-order valence-corrected chi connectivity index (χ1v) is 14.9. The Balaban J connectivity index is 1.24. The van der Waals surface area contributed by atoms with Gasteiger partial charge >= 0.3 is 6.01 Å². The number of hydrogen-bond donors (Lipinski definition) is 1. The van der Waals surface area contributed by atoms with Crippen molar-refractivity contribution >= 4 is 23.2 Å². The largest absolute Gasteiger partial charge is 0.460 e. The van der Waals surface area contributed by atoms with Gasteiger partial charge in [0.1, 0.15) is 11.9 Å². The molecule has 2 aliphatic rings. The highest BCUT2D eigenvalue weighted by Gasteiger charge is 2.27. The summed E-state index contributed by atoms with van der Waals surface area (Å²) in [6, 6.07) is 8.48. The van der Waals surface area contributed by atoms with Gasteiger partial charge in [-0.15, -0.1) is 0 Å². The molecule has 2 fully saturated rings. The number of anilines is 1. The first-order chi connectivity index (χ1) is 19.9. The van der Waals surface area contributed by atoms with E-state index in [-0.39, 0.29) is 29.5 Å². The highest BCUT2D eigenvalue weighted by Crippen LogP contribution is 2.32. The molecular weight excluding hydrogens is 518 g/mol. The van der Waals surface area contributed by atoms with Gasteiger partial charge in [0.25, 0.3) is 0 Å². The van der Waals surface area contributed by atoms with E-state index >= 15 is 0 Å². The second kappa shape index (κ2) is 13.4. The minimum Gasteiger partial charge on any atom is -0.460 e. The Hall–Kier alpha value is -3.59. The highest BCUT2D eigenvalue weighted by atomic mass is 16.5. The van der Waals surface area contributed by atoms with E-state index in [1.165, 1.54) is 6.08 Å². The van der Waals surface area contributed by atoms with Crippen molar-refractivity contribution in [3.8, 4) is 6.01 Å². The molecule has 41 heavy (non-hydrogen) atoms. The van der Waals surface area contributed by atoms with Crippen molar-refractivity contribution in [3.63, 3.8) is 0 Å². The van der Waals surface area contributed by atoms with Crippen LogP contribution in [0.4, 0.5) is 5.95 Å². The molecule has 1 saturated heterocycles. The Labute approximate surface area is 241 Å². The van der Waals surface area contributed by atoms with Crippen LogP contribution in [0.2, 0.25) is 0 Å². The summed E-state index contributed by atoms with van der Waals surface area (Å²) >= 11 is 0. The van der Waals surface area contributed by atoms with Crippen LogP contribution in [0.15, 0.2) is 43.1 Å². The van der Waals surface area contributed by atoms with Crippen LogP contribution in [-0.2, 0) is 27.3 Å². The first-order valence-electron chi connectivity index (χ1n) is 14.9. The summed E-state index contributed by atoms with van der Waals surface area (Å²) in [4.78, 5) is 34.2. The number of ether oxygens (including phenoxy) is 2. The van der Waals surface area contributed by atoms with Crippen LogP contribution in [-0.4, -0.2) is 50.5 Å². The zero-order chi connectivity index (χ0) is 28.8. The van der Waals surface area contributed by atoms with Gasteiger partial charge in [0, 0.05) is 43.7 Å². The number of benzene rings is 1. The Morgan fingerprint density at radius 3 is 2.61 bits per heavy atom. The van der Waals surface area contributed by atoms with Gasteiger partial charge in [-0.1, -0.05) is 44.7 Å². The molecule has 1 saturated carbocycles. The van der Waals surface area contributed by atoms with Crippen LogP contribution in [0.5, 0.6) is 6.01 Å². The molecule has 5 rings (SSSR count). The number of hydrogen-bond acceptors (Lipinski definition) is 8. The molecule has 0 bridgehead atoms. The smallest absolute Gasteiger partial charge is 0.322 e. The van der Waals surface area contributed by atoms with E-state index in [2.05, 4.69) is 41.9 Å². The number of ketones is 2. The summed E-state index contributed by atoms with van der Waals surface area (Å²) in [6.07, 6.45) is 9.47. The maximum Gasteiger partial charge on any atom is 0.322 e. The summed E-state index contributed by atoms with van der Waals surface area (Å²) in [5.74, 6) is 1.66. The third kappa shape index (κ3) is 7.38. The molecule has 0 radical (unpaired) electrons. The van der Waals surface area contributed by atoms with Gasteiger partial charge < -0.3 is 14.8 Å². The number of carbonyl (C=O) groups excluding carboxylic acids is 2. The minimum atomic E-state index is 0.0309. The second-order valence-corrected chi connectivity index (χ2v) is 11.7. The van der Waals surface area contributed by atoms with E-state index in [4.69, 9.17) is 14.5 Å². The van der Waals surface area contributed by atoms with Gasteiger partial charge in [0.05, 0.1) is 19.4 Å². The average molecular weight is 560 g/mol. The number of carbonyl (C=O) groups is 2. The monoisotopic (exact) mass is 559 g/mol. The Morgan fingerprint density at radius 2 is 1.88 bits per heavy atom. The average Bonchev–Trinajstić information content (AvgIpc) is 3.41. The van der Waals surface area contributed by atoms with Crippen molar-refractivity contribution < 1.29 is 19.1 Å². The number of nitrogens with zero attached hydrogens (tertiary/aromatic N) is 4. The van der Waals surface area contributed by atoms with E-state index in [0.29, 0.717) is 50.5 Å². The van der Waals surface area contributed by atoms with Crippen LogP contribution in [0.25, 0.3) is 5.65 Å². The maximum absolute atomic E-state index is 13.1. The third-order valence-electron chi connectivity index (χ3n) is 8.28.